The van der Waals surface area contributed by atoms with Crippen LogP contribution in [0.3, 0.4) is 0 Å². The van der Waals surface area contributed by atoms with Crippen molar-refractivity contribution < 1.29 is 9.47 Å². The number of nitrogens with one attached hydrogen (secondary N) is 1. The number of guanidine groups is 1. The van der Waals surface area contributed by atoms with Crippen molar-refractivity contribution in [2.45, 2.75) is 25.8 Å². The quantitative estimate of drug-likeness (QED) is 0.315. The van der Waals surface area contributed by atoms with Gasteiger partial charge in [0, 0.05) is 46.5 Å². The number of hydrogen-bond acceptors (Lipinski definition) is 5. The van der Waals surface area contributed by atoms with E-state index in [-0.39, 0.29) is 24.0 Å². The lowest BCUT2D eigenvalue weighted by Crippen LogP contribution is -2.39. The number of likely N-dealkylation sites (N-methyl/N-ethyl adjacent to an activating group) is 1. The van der Waals surface area contributed by atoms with Crippen LogP contribution in [0.1, 0.15) is 24.0 Å². The van der Waals surface area contributed by atoms with E-state index in [9.17, 15) is 0 Å². The molecule has 2 aromatic rings. The van der Waals surface area contributed by atoms with Gasteiger partial charge in [-0.25, -0.2) is 4.98 Å². The molecule has 0 saturated carbocycles. The Hall–Kier alpha value is -2.23. The predicted octanol–water partition coefficient (Wildman–Crippen LogP) is 3.57. The van der Waals surface area contributed by atoms with Crippen molar-refractivity contribution in [3.8, 4) is 11.5 Å². The van der Waals surface area contributed by atoms with Gasteiger partial charge in [-0.2, -0.15) is 0 Å². The second-order valence-corrected chi connectivity index (χ2v) is 7.48. The van der Waals surface area contributed by atoms with Gasteiger partial charge in [0.05, 0.1) is 14.2 Å². The summed E-state index contributed by atoms with van der Waals surface area (Å²) in [4.78, 5) is 13.5. The molecule has 1 saturated heterocycles. The molecular formula is C23H34IN5O2. The van der Waals surface area contributed by atoms with Crippen LogP contribution >= 0.6 is 24.0 Å². The van der Waals surface area contributed by atoms with Crippen LogP contribution in [0.25, 0.3) is 0 Å². The van der Waals surface area contributed by atoms with Crippen LogP contribution in [0.15, 0.2) is 41.5 Å². The van der Waals surface area contributed by atoms with E-state index < -0.39 is 0 Å². The topological polar surface area (TPSA) is 62.2 Å². The molecule has 1 aliphatic heterocycles. The van der Waals surface area contributed by atoms with Gasteiger partial charge in [-0.1, -0.05) is 12.1 Å². The van der Waals surface area contributed by atoms with Crippen molar-refractivity contribution in [1.29, 1.82) is 0 Å². The Morgan fingerprint density at radius 1 is 1.10 bits per heavy atom. The largest absolute Gasteiger partial charge is 0.493 e. The molecule has 0 spiro atoms. The van der Waals surface area contributed by atoms with Gasteiger partial charge >= 0.3 is 0 Å². The average molecular weight is 539 g/mol. The third kappa shape index (κ3) is 6.88. The summed E-state index contributed by atoms with van der Waals surface area (Å²) >= 11 is 0. The van der Waals surface area contributed by atoms with Crippen LogP contribution in [0.5, 0.6) is 11.5 Å². The van der Waals surface area contributed by atoms with Crippen LogP contribution in [0.2, 0.25) is 0 Å². The SMILES string of the molecule is CN=C(NCc1ccc(N2CCCC2)nc1)N(C)CCc1ccc(OC)c(OC)c1.I. The molecule has 1 aromatic carbocycles. The van der Waals surface area contributed by atoms with Crippen LogP contribution in [-0.4, -0.2) is 63.8 Å². The summed E-state index contributed by atoms with van der Waals surface area (Å²) in [6.07, 6.45) is 5.36. The molecule has 8 heteroatoms. The van der Waals surface area contributed by atoms with E-state index in [4.69, 9.17) is 9.47 Å². The number of halogens is 1. The first-order chi connectivity index (χ1) is 14.6. The highest BCUT2D eigenvalue weighted by Gasteiger charge is 2.13. The van der Waals surface area contributed by atoms with Crippen LogP contribution in [-0.2, 0) is 13.0 Å². The number of benzene rings is 1. The normalized spacial score (nSPS) is 13.5. The fourth-order valence-electron chi connectivity index (χ4n) is 3.66. The second-order valence-electron chi connectivity index (χ2n) is 7.48. The Balaban J connectivity index is 0.00000341. The molecule has 1 fully saturated rings. The number of anilines is 1. The fraction of sp³-hybridized carbons (Fsp3) is 0.478. The van der Waals surface area contributed by atoms with Crippen LogP contribution in [0.4, 0.5) is 5.82 Å². The Morgan fingerprint density at radius 2 is 1.81 bits per heavy atom. The maximum atomic E-state index is 5.40. The van der Waals surface area contributed by atoms with Gasteiger partial charge in [0.1, 0.15) is 5.82 Å². The zero-order valence-electron chi connectivity index (χ0n) is 18.9. The first-order valence-corrected chi connectivity index (χ1v) is 10.5. The number of aliphatic imine (C=N–C) groups is 1. The van der Waals surface area contributed by atoms with E-state index in [1.54, 1.807) is 14.2 Å². The molecule has 31 heavy (non-hydrogen) atoms. The number of rotatable bonds is 8. The molecule has 3 rings (SSSR count). The highest BCUT2D eigenvalue weighted by atomic mass is 127. The minimum Gasteiger partial charge on any atom is -0.493 e. The summed E-state index contributed by atoms with van der Waals surface area (Å²) in [5.74, 6) is 3.44. The van der Waals surface area contributed by atoms with Gasteiger partial charge in [-0.15, -0.1) is 24.0 Å². The monoisotopic (exact) mass is 539 g/mol. The summed E-state index contributed by atoms with van der Waals surface area (Å²) < 4.78 is 10.7. The van der Waals surface area contributed by atoms with E-state index in [0.717, 1.165) is 54.9 Å². The minimum absolute atomic E-state index is 0. The van der Waals surface area contributed by atoms with E-state index in [1.807, 2.05) is 32.4 Å². The van der Waals surface area contributed by atoms with Crippen molar-refractivity contribution in [3.63, 3.8) is 0 Å². The molecule has 1 aliphatic rings. The van der Waals surface area contributed by atoms with Gasteiger partial charge < -0.3 is 24.6 Å². The second kappa shape index (κ2) is 12.6. The molecule has 0 amide bonds. The molecule has 1 aromatic heterocycles. The van der Waals surface area contributed by atoms with Gasteiger partial charge in [0.15, 0.2) is 17.5 Å². The van der Waals surface area contributed by atoms with E-state index in [1.165, 1.54) is 18.4 Å². The van der Waals surface area contributed by atoms with E-state index in [0.29, 0.717) is 6.54 Å². The summed E-state index contributed by atoms with van der Waals surface area (Å²) in [5, 5.41) is 3.43. The molecule has 170 valence electrons. The number of nitrogens with zero attached hydrogens (tertiary/aromatic N) is 4. The lowest BCUT2D eigenvalue weighted by molar-refractivity contribution is 0.354. The molecule has 7 nitrogen and oxygen atoms in total. The van der Waals surface area contributed by atoms with Crippen molar-refractivity contribution >= 4 is 35.8 Å². The van der Waals surface area contributed by atoms with Gasteiger partial charge in [0.25, 0.3) is 0 Å². The first-order valence-electron chi connectivity index (χ1n) is 10.5. The van der Waals surface area contributed by atoms with Crippen molar-refractivity contribution in [1.82, 2.24) is 15.2 Å². The van der Waals surface area contributed by atoms with Gasteiger partial charge in [-0.3, -0.25) is 4.99 Å². The molecular weight excluding hydrogens is 505 g/mol. The molecule has 1 N–H and O–H groups in total. The molecule has 0 bridgehead atoms. The molecule has 2 heterocycles. The van der Waals surface area contributed by atoms with Crippen molar-refractivity contribution in [2.75, 3.05) is 52.8 Å². The molecule has 0 atom stereocenters. The highest BCUT2D eigenvalue weighted by molar-refractivity contribution is 14.0. The van der Waals surface area contributed by atoms with E-state index >= 15 is 0 Å². The van der Waals surface area contributed by atoms with Crippen LogP contribution < -0.4 is 19.7 Å². The number of hydrogen-bond donors (Lipinski definition) is 1. The predicted molar refractivity (Wildman–Crippen MR) is 137 cm³/mol. The van der Waals surface area contributed by atoms with Gasteiger partial charge in [0.2, 0.25) is 0 Å². The smallest absolute Gasteiger partial charge is 0.193 e. The molecule has 0 unspecified atom stereocenters. The standard InChI is InChI=1S/C23H33N5O2.HI/c1-24-23(26-17-19-8-10-22(25-16-19)28-12-5-6-13-28)27(2)14-11-18-7-9-20(29-3)21(15-18)30-4;/h7-10,15-16H,5-6,11-14,17H2,1-4H3,(H,24,26);1H. The third-order valence-corrected chi connectivity index (χ3v) is 5.45. The Labute approximate surface area is 202 Å². The first kappa shape index (κ1) is 25.0. The van der Waals surface area contributed by atoms with Crippen molar-refractivity contribution in [2.24, 2.45) is 4.99 Å². The van der Waals surface area contributed by atoms with Gasteiger partial charge in [-0.05, 0) is 48.6 Å². The lowest BCUT2D eigenvalue weighted by Gasteiger charge is -2.22. The maximum Gasteiger partial charge on any atom is 0.193 e. The third-order valence-electron chi connectivity index (χ3n) is 5.45. The molecule has 0 aliphatic carbocycles. The maximum absolute atomic E-state index is 5.40. The highest BCUT2D eigenvalue weighted by Crippen LogP contribution is 2.27. The molecule has 0 radical (unpaired) electrons. The average Bonchev–Trinajstić information content (AvgIpc) is 3.33. The Kier molecular flexibility index (Phi) is 10.2. The fourth-order valence-corrected chi connectivity index (χ4v) is 3.66. The van der Waals surface area contributed by atoms with E-state index in [2.05, 4.69) is 43.3 Å². The Bertz CT molecular complexity index is 838. The summed E-state index contributed by atoms with van der Waals surface area (Å²) in [6.45, 7) is 3.76. The van der Waals surface area contributed by atoms with Crippen molar-refractivity contribution in [3.05, 3.63) is 47.7 Å². The zero-order chi connectivity index (χ0) is 21.3. The number of pyridine rings is 1. The summed E-state index contributed by atoms with van der Waals surface area (Å²) in [5.41, 5.74) is 2.34. The van der Waals surface area contributed by atoms with Crippen LogP contribution in [0, 0.1) is 0 Å². The summed E-state index contributed by atoms with van der Waals surface area (Å²) in [7, 11) is 7.16. The lowest BCUT2D eigenvalue weighted by atomic mass is 10.1. The number of ether oxygens (including phenoxy) is 2. The summed E-state index contributed by atoms with van der Waals surface area (Å²) in [6, 6.07) is 10.3. The number of methoxy groups -OCH3 is 2. The zero-order valence-corrected chi connectivity index (χ0v) is 21.3. The Morgan fingerprint density at radius 3 is 2.42 bits per heavy atom. The number of aromatic nitrogens is 1. The minimum atomic E-state index is 0.